The van der Waals surface area contributed by atoms with Crippen molar-refractivity contribution in [2.24, 2.45) is 0 Å². The van der Waals surface area contributed by atoms with E-state index < -0.39 is 29.2 Å². The van der Waals surface area contributed by atoms with Crippen molar-refractivity contribution in [1.82, 2.24) is 15.2 Å². The second-order valence-corrected chi connectivity index (χ2v) is 7.60. The van der Waals surface area contributed by atoms with Crippen molar-refractivity contribution in [2.75, 3.05) is 11.5 Å². The van der Waals surface area contributed by atoms with Crippen molar-refractivity contribution < 1.29 is 19.5 Å². The van der Waals surface area contributed by atoms with E-state index >= 15 is 0 Å². The van der Waals surface area contributed by atoms with Crippen LogP contribution in [0, 0.1) is 0 Å². The molecule has 0 saturated carbocycles. The molecule has 2 aliphatic rings. The number of nitrogens with zero attached hydrogens (tertiary/aromatic N) is 2. The van der Waals surface area contributed by atoms with Gasteiger partial charge in [0.25, 0.3) is 11.8 Å². The van der Waals surface area contributed by atoms with E-state index in [1.165, 1.54) is 16.7 Å². The van der Waals surface area contributed by atoms with Crippen molar-refractivity contribution in [3.05, 3.63) is 27.9 Å². The number of hydrogen-bond donors (Lipinski definition) is 3. The number of fused-ring (bicyclic) bond motifs is 1. The molecule has 1 unspecified atom stereocenters. The van der Waals surface area contributed by atoms with Crippen molar-refractivity contribution in [3.63, 3.8) is 0 Å². The molecular weight excluding hydrogens is 388 g/mol. The number of nitrogens with one attached hydrogen (secondary N) is 1. The van der Waals surface area contributed by atoms with E-state index in [9.17, 15) is 19.5 Å². The van der Waals surface area contributed by atoms with Gasteiger partial charge in [-0.1, -0.05) is 11.6 Å². The highest BCUT2D eigenvalue weighted by atomic mass is 35.5. The predicted octanol–water partition coefficient (Wildman–Crippen LogP) is 1.06. The maximum Gasteiger partial charge on any atom is 0.352 e. The van der Waals surface area contributed by atoms with Crippen molar-refractivity contribution in [2.45, 2.75) is 18.3 Å². The van der Waals surface area contributed by atoms with Gasteiger partial charge in [-0.2, -0.15) is 0 Å². The molecule has 0 aromatic carbocycles. The summed E-state index contributed by atoms with van der Waals surface area (Å²) in [7, 11) is 0. The topological polar surface area (TPSA) is 126 Å². The lowest BCUT2D eigenvalue weighted by Gasteiger charge is -2.49. The minimum absolute atomic E-state index is 0.0142. The smallest absolute Gasteiger partial charge is 0.352 e. The van der Waals surface area contributed by atoms with Crippen LogP contribution >= 0.6 is 34.7 Å². The quantitative estimate of drug-likeness (QED) is 0.509. The highest BCUT2D eigenvalue weighted by Crippen LogP contribution is 2.40. The van der Waals surface area contributed by atoms with Crippen LogP contribution in [0.2, 0.25) is 0 Å². The lowest BCUT2D eigenvalue weighted by Crippen LogP contribution is -2.70. The third kappa shape index (κ3) is 3.00. The number of aromatic nitrogens is 1. The second-order valence-electron chi connectivity index (χ2n) is 5.39. The SMILES string of the molecule is CC1=C(C(=O)O)N2C(=O)C(NC(=O)C(=CCl)c3csc(N)n3)[C@@H]2SC1. The molecule has 3 heterocycles. The number of thiazole rings is 1. The van der Waals surface area contributed by atoms with E-state index in [4.69, 9.17) is 17.3 Å². The van der Waals surface area contributed by atoms with Crippen molar-refractivity contribution in [3.8, 4) is 0 Å². The molecule has 2 amide bonds. The van der Waals surface area contributed by atoms with Gasteiger partial charge in [-0.3, -0.25) is 14.5 Å². The van der Waals surface area contributed by atoms with E-state index in [1.807, 2.05) is 0 Å². The Morgan fingerprint density at radius 3 is 2.84 bits per heavy atom. The largest absolute Gasteiger partial charge is 0.477 e. The predicted molar refractivity (Wildman–Crippen MR) is 95.7 cm³/mol. The summed E-state index contributed by atoms with van der Waals surface area (Å²) in [6, 6.07) is -0.817. The molecule has 3 rings (SSSR count). The number of thioether (sulfide) groups is 1. The lowest BCUT2D eigenvalue weighted by molar-refractivity contribution is -0.150. The monoisotopic (exact) mass is 400 g/mol. The van der Waals surface area contributed by atoms with Gasteiger partial charge in [0.1, 0.15) is 17.1 Å². The number of halogens is 1. The zero-order valence-electron chi connectivity index (χ0n) is 12.9. The van der Waals surface area contributed by atoms with E-state index in [0.29, 0.717) is 22.2 Å². The van der Waals surface area contributed by atoms with E-state index in [1.54, 1.807) is 12.3 Å². The summed E-state index contributed by atoms with van der Waals surface area (Å²) in [4.78, 5) is 41.4. The number of carbonyl (C=O) groups excluding carboxylic acids is 2. The van der Waals surface area contributed by atoms with Gasteiger partial charge >= 0.3 is 5.97 Å². The molecule has 2 atom stereocenters. The molecule has 25 heavy (non-hydrogen) atoms. The molecule has 11 heteroatoms. The van der Waals surface area contributed by atoms with Crippen LogP contribution in [0.5, 0.6) is 0 Å². The summed E-state index contributed by atoms with van der Waals surface area (Å²) < 4.78 is 0. The lowest BCUT2D eigenvalue weighted by atomic mass is 10.0. The first-order chi connectivity index (χ1) is 11.8. The van der Waals surface area contributed by atoms with Gasteiger partial charge < -0.3 is 16.2 Å². The van der Waals surface area contributed by atoms with Crippen LogP contribution < -0.4 is 11.1 Å². The second kappa shape index (κ2) is 6.70. The summed E-state index contributed by atoms with van der Waals surface area (Å²) in [5.41, 5.74) is 7.64. The molecule has 0 aliphatic carbocycles. The molecular formula is C14H13ClN4O4S2. The van der Waals surface area contributed by atoms with E-state index in [0.717, 1.165) is 16.9 Å². The van der Waals surface area contributed by atoms with Crippen molar-refractivity contribution >= 4 is 63.2 Å². The number of amides is 2. The summed E-state index contributed by atoms with van der Waals surface area (Å²) in [5, 5.41) is 13.3. The number of β-lactam (4-membered cyclic amide) rings is 1. The molecule has 2 aliphatic heterocycles. The molecule has 0 bridgehead atoms. The van der Waals surface area contributed by atoms with Crippen LogP contribution in [0.3, 0.4) is 0 Å². The van der Waals surface area contributed by atoms with Crippen molar-refractivity contribution in [1.29, 1.82) is 0 Å². The highest BCUT2D eigenvalue weighted by Gasteiger charge is 2.53. The van der Waals surface area contributed by atoms with Crippen LogP contribution in [0.15, 0.2) is 22.2 Å². The Kier molecular flexibility index (Phi) is 4.76. The summed E-state index contributed by atoms with van der Waals surface area (Å²) >= 11 is 8.29. The minimum atomic E-state index is -1.15. The Bertz CT molecular complexity index is 835. The Morgan fingerprint density at radius 2 is 2.28 bits per heavy atom. The number of carboxylic acids is 1. The van der Waals surface area contributed by atoms with Gasteiger partial charge in [0, 0.05) is 16.7 Å². The fraction of sp³-hybridized carbons (Fsp3) is 0.286. The molecule has 0 radical (unpaired) electrons. The van der Waals surface area contributed by atoms with Crippen LogP contribution in [0.25, 0.3) is 5.57 Å². The first-order valence-corrected chi connectivity index (χ1v) is 9.42. The van der Waals surface area contributed by atoms with Crippen LogP contribution in [0.1, 0.15) is 12.6 Å². The first-order valence-electron chi connectivity index (χ1n) is 7.05. The normalized spacial score (nSPS) is 23.2. The number of rotatable bonds is 4. The number of anilines is 1. The molecule has 1 aromatic heterocycles. The molecule has 1 fully saturated rings. The average molecular weight is 401 g/mol. The zero-order chi connectivity index (χ0) is 18.3. The average Bonchev–Trinajstić information content (AvgIpc) is 2.98. The van der Waals surface area contributed by atoms with Gasteiger partial charge in [0.05, 0.1) is 11.3 Å². The fourth-order valence-electron chi connectivity index (χ4n) is 2.63. The summed E-state index contributed by atoms with van der Waals surface area (Å²) in [6.45, 7) is 1.67. The maximum atomic E-state index is 12.4. The molecule has 0 spiro atoms. The van der Waals surface area contributed by atoms with Gasteiger partial charge in [0.15, 0.2) is 5.13 Å². The summed E-state index contributed by atoms with van der Waals surface area (Å²) in [6.07, 6.45) is 0. The first kappa shape index (κ1) is 17.8. The van der Waals surface area contributed by atoms with E-state index in [2.05, 4.69) is 10.3 Å². The molecule has 1 saturated heterocycles. The Labute approximate surface area is 155 Å². The fourth-order valence-corrected chi connectivity index (χ4v) is 4.69. The Balaban J connectivity index is 1.76. The third-order valence-corrected chi connectivity index (χ3v) is 6.12. The number of carboxylic acid groups (broad SMARTS) is 1. The van der Waals surface area contributed by atoms with Crippen LogP contribution in [-0.2, 0) is 14.4 Å². The minimum Gasteiger partial charge on any atom is -0.477 e. The van der Waals surface area contributed by atoms with Gasteiger partial charge in [0.2, 0.25) is 0 Å². The Morgan fingerprint density at radius 1 is 1.56 bits per heavy atom. The standard InChI is InChI=1S/C14H13ClN4O4S2/c1-5-3-24-12-8(11(21)19(12)9(5)13(22)23)18-10(20)6(2-15)7-4-25-14(16)17-7/h2,4,8,12H,3H2,1H3,(H2,16,17)(H,18,20)(H,22,23)/t8?,12-/m0/s1. The van der Waals surface area contributed by atoms with Crippen LogP contribution in [-0.4, -0.2) is 49.9 Å². The molecule has 1 aromatic rings. The number of aliphatic carboxylic acids is 1. The molecule has 132 valence electrons. The number of carbonyl (C=O) groups is 3. The Hall–Kier alpha value is -2.04. The number of hydrogen-bond acceptors (Lipinski definition) is 7. The van der Waals surface area contributed by atoms with E-state index in [-0.39, 0.29) is 11.3 Å². The molecule has 8 nitrogen and oxygen atoms in total. The van der Waals surface area contributed by atoms with Crippen LogP contribution in [0.4, 0.5) is 5.13 Å². The number of nitrogens with two attached hydrogens (primary N) is 1. The molecule has 4 N–H and O–H groups in total. The van der Waals surface area contributed by atoms with Gasteiger partial charge in [-0.25, -0.2) is 9.78 Å². The number of nitrogen functional groups attached to an aromatic ring is 1. The van der Waals surface area contributed by atoms with Gasteiger partial charge in [-0.15, -0.1) is 23.1 Å². The third-order valence-electron chi connectivity index (χ3n) is 3.80. The maximum absolute atomic E-state index is 12.4. The van der Waals surface area contributed by atoms with Gasteiger partial charge in [-0.05, 0) is 12.5 Å². The highest BCUT2D eigenvalue weighted by molar-refractivity contribution is 8.00. The zero-order valence-corrected chi connectivity index (χ0v) is 15.2. The summed E-state index contributed by atoms with van der Waals surface area (Å²) in [5.74, 6) is -1.71.